The van der Waals surface area contributed by atoms with Crippen molar-refractivity contribution in [2.45, 2.75) is 25.9 Å². The van der Waals surface area contributed by atoms with E-state index in [0.717, 1.165) is 12.5 Å². The average Bonchev–Trinajstić information content (AvgIpc) is 3.40. The second-order valence-electron chi connectivity index (χ2n) is 5.82. The van der Waals surface area contributed by atoms with Gasteiger partial charge in [0.25, 0.3) is 0 Å². The first-order valence-corrected chi connectivity index (χ1v) is 7.97. The van der Waals surface area contributed by atoms with Crippen molar-refractivity contribution < 1.29 is 33.3 Å². The minimum absolute atomic E-state index is 0.0182. The van der Waals surface area contributed by atoms with E-state index in [-0.39, 0.29) is 31.8 Å². The molecule has 0 radical (unpaired) electrons. The molecule has 7 nitrogen and oxygen atoms in total. The van der Waals surface area contributed by atoms with Gasteiger partial charge in [0.1, 0.15) is 25.9 Å². The minimum atomic E-state index is -0.622. The Bertz CT molecular complexity index is 533. The molecule has 1 aliphatic heterocycles. The molecule has 0 aromatic heterocycles. The van der Waals surface area contributed by atoms with Crippen LogP contribution in [0.25, 0.3) is 0 Å². The molecule has 3 atom stereocenters. The van der Waals surface area contributed by atoms with Crippen molar-refractivity contribution in [3.63, 3.8) is 0 Å². The van der Waals surface area contributed by atoms with Crippen LogP contribution in [0.2, 0.25) is 0 Å². The fraction of sp³-hybridized carbons (Fsp3) is 0.588. The maximum atomic E-state index is 12.2. The van der Waals surface area contributed by atoms with E-state index in [4.69, 9.17) is 18.9 Å². The molecule has 132 valence electrons. The van der Waals surface area contributed by atoms with E-state index < -0.39 is 23.8 Å². The zero-order valence-electron chi connectivity index (χ0n) is 13.7. The van der Waals surface area contributed by atoms with Crippen molar-refractivity contribution >= 4 is 17.9 Å². The quantitative estimate of drug-likeness (QED) is 0.216. The van der Waals surface area contributed by atoms with Gasteiger partial charge in [-0.05, 0) is 18.8 Å². The van der Waals surface area contributed by atoms with Crippen LogP contribution in [0.5, 0.6) is 0 Å². The molecule has 1 heterocycles. The van der Waals surface area contributed by atoms with Gasteiger partial charge in [-0.15, -0.1) is 0 Å². The van der Waals surface area contributed by atoms with Crippen LogP contribution in [0, 0.1) is 11.8 Å². The number of carbonyl (C=O) groups is 3. The third kappa shape index (κ3) is 5.49. The van der Waals surface area contributed by atoms with E-state index in [1.54, 1.807) is 6.08 Å². The number of hydrogen-bond acceptors (Lipinski definition) is 7. The van der Waals surface area contributed by atoms with Gasteiger partial charge in [0.15, 0.2) is 0 Å². The number of hydrogen-bond donors (Lipinski definition) is 0. The molecule has 0 aromatic carbocycles. The Labute approximate surface area is 140 Å². The maximum absolute atomic E-state index is 12.2. The van der Waals surface area contributed by atoms with Gasteiger partial charge in [-0.25, -0.2) is 9.59 Å². The van der Waals surface area contributed by atoms with Crippen molar-refractivity contribution in [1.82, 2.24) is 0 Å². The molecular formula is C17H22O7. The highest BCUT2D eigenvalue weighted by atomic mass is 16.6. The number of epoxide rings is 1. The van der Waals surface area contributed by atoms with E-state index in [2.05, 4.69) is 6.58 Å². The van der Waals surface area contributed by atoms with Crippen LogP contribution >= 0.6 is 0 Å². The minimum Gasteiger partial charge on any atom is -0.462 e. The summed E-state index contributed by atoms with van der Waals surface area (Å²) in [4.78, 5) is 35.4. The van der Waals surface area contributed by atoms with Gasteiger partial charge in [0.2, 0.25) is 0 Å². The van der Waals surface area contributed by atoms with E-state index in [1.807, 2.05) is 6.92 Å². The summed E-state index contributed by atoms with van der Waals surface area (Å²) in [7, 11) is 0. The third-order valence-electron chi connectivity index (χ3n) is 3.81. The summed E-state index contributed by atoms with van der Waals surface area (Å²) in [5, 5.41) is 0. The van der Waals surface area contributed by atoms with Crippen LogP contribution in [-0.2, 0) is 33.3 Å². The SMILES string of the molecule is C=CC(=O)OCCOC(=O)C1=CC(C)CCC1C(=O)OCC1CO1. The fourth-order valence-electron chi connectivity index (χ4n) is 2.41. The van der Waals surface area contributed by atoms with Gasteiger partial charge in [-0.1, -0.05) is 19.6 Å². The van der Waals surface area contributed by atoms with E-state index in [0.29, 0.717) is 18.6 Å². The topological polar surface area (TPSA) is 91.4 Å². The molecule has 0 spiro atoms. The van der Waals surface area contributed by atoms with Crippen LogP contribution in [0.1, 0.15) is 19.8 Å². The Morgan fingerprint density at radius 2 is 1.96 bits per heavy atom. The highest BCUT2D eigenvalue weighted by Gasteiger charge is 2.34. The number of carbonyl (C=O) groups excluding carboxylic acids is 3. The number of ether oxygens (including phenoxy) is 4. The molecule has 0 aromatic rings. The van der Waals surface area contributed by atoms with Crippen LogP contribution in [0.3, 0.4) is 0 Å². The Kier molecular flexibility index (Phi) is 6.54. The third-order valence-corrected chi connectivity index (χ3v) is 3.81. The van der Waals surface area contributed by atoms with Crippen molar-refractivity contribution in [2.24, 2.45) is 11.8 Å². The predicted octanol–water partition coefficient (Wildman–Crippen LogP) is 1.17. The van der Waals surface area contributed by atoms with Crippen molar-refractivity contribution in [1.29, 1.82) is 0 Å². The monoisotopic (exact) mass is 338 g/mol. The highest BCUT2D eigenvalue weighted by Crippen LogP contribution is 2.30. The second-order valence-corrected chi connectivity index (χ2v) is 5.82. The second kappa shape index (κ2) is 8.63. The largest absolute Gasteiger partial charge is 0.462 e. The summed E-state index contributed by atoms with van der Waals surface area (Å²) < 4.78 is 20.0. The van der Waals surface area contributed by atoms with Gasteiger partial charge in [0.05, 0.1) is 12.5 Å². The Morgan fingerprint density at radius 1 is 1.25 bits per heavy atom. The molecule has 24 heavy (non-hydrogen) atoms. The lowest BCUT2D eigenvalue weighted by Gasteiger charge is -2.24. The molecule has 2 aliphatic rings. The first-order valence-electron chi connectivity index (χ1n) is 7.97. The molecular weight excluding hydrogens is 316 g/mol. The fourth-order valence-corrected chi connectivity index (χ4v) is 2.41. The summed E-state index contributed by atoms with van der Waals surface area (Å²) in [6, 6.07) is 0. The summed E-state index contributed by atoms with van der Waals surface area (Å²) >= 11 is 0. The van der Waals surface area contributed by atoms with Crippen molar-refractivity contribution in [3.05, 3.63) is 24.3 Å². The van der Waals surface area contributed by atoms with Gasteiger partial charge < -0.3 is 18.9 Å². The number of rotatable bonds is 8. The van der Waals surface area contributed by atoms with Gasteiger partial charge >= 0.3 is 17.9 Å². The number of allylic oxidation sites excluding steroid dienone is 1. The molecule has 0 saturated carbocycles. The predicted molar refractivity (Wildman–Crippen MR) is 82.8 cm³/mol. The summed E-state index contributed by atoms with van der Waals surface area (Å²) in [6.07, 6.45) is 4.10. The molecule has 1 fully saturated rings. The van der Waals surface area contributed by atoms with Crippen molar-refractivity contribution in [3.8, 4) is 0 Å². The standard InChI is InChI=1S/C17H22O7/c1-3-15(18)21-6-7-22-17(20)14-8-11(2)4-5-13(14)16(19)24-10-12-9-23-12/h3,8,11-13H,1,4-7,9-10H2,2H3. The summed E-state index contributed by atoms with van der Waals surface area (Å²) in [5.74, 6) is -2.04. The van der Waals surface area contributed by atoms with Gasteiger partial charge in [-0.3, -0.25) is 4.79 Å². The molecule has 0 N–H and O–H groups in total. The maximum Gasteiger partial charge on any atom is 0.334 e. The van der Waals surface area contributed by atoms with E-state index in [9.17, 15) is 14.4 Å². The van der Waals surface area contributed by atoms with Gasteiger partial charge in [0, 0.05) is 11.6 Å². The molecule has 1 aliphatic carbocycles. The highest BCUT2D eigenvalue weighted by molar-refractivity contribution is 5.95. The molecule has 1 saturated heterocycles. The van der Waals surface area contributed by atoms with Crippen LogP contribution < -0.4 is 0 Å². The van der Waals surface area contributed by atoms with Crippen LogP contribution in [0.15, 0.2) is 24.3 Å². The molecule has 2 rings (SSSR count). The first kappa shape index (κ1) is 18.2. The Balaban J connectivity index is 1.87. The zero-order chi connectivity index (χ0) is 17.5. The van der Waals surface area contributed by atoms with Gasteiger partial charge in [-0.2, -0.15) is 0 Å². The molecule has 0 amide bonds. The molecule has 7 heteroatoms. The Hall–Kier alpha value is -2.15. The lowest BCUT2D eigenvalue weighted by Crippen LogP contribution is -2.30. The number of esters is 3. The summed E-state index contributed by atoms with van der Waals surface area (Å²) in [5.41, 5.74) is 0.311. The summed E-state index contributed by atoms with van der Waals surface area (Å²) in [6.45, 7) is 5.91. The first-order chi connectivity index (χ1) is 11.5. The van der Waals surface area contributed by atoms with Crippen LogP contribution in [0.4, 0.5) is 0 Å². The Morgan fingerprint density at radius 3 is 2.62 bits per heavy atom. The smallest absolute Gasteiger partial charge is 0.334 e. The average molecular weight is 338 g/mol. The van der Waals surface area contributed by atoms with E-state index >= 15 is 0 Å². The zero-order valence-corrected chi connectivity index (χ0v) is 13.7. The molecule has 3 unspecified atom stereocenters. The van der Waals surface area contributed by atoms with Crippen molar-refractivity contribution in [2.75, 3.05) is 26.4 Å². The lowest BCUT2D eigenvalue weighted by molar-refractivity contribution is -0.152. The van der Waals surface area contributed by atoms with Crippen LogP contribution in [-0.4, -0.2) is 50.4 Å². The lowest BCUT2D eigenvalue weighted by atomic mass is 9.83. The van der Waals surface area contributed by atoms with E-state index in [1.165, 1.54) is 0 Å². The normalized spacial score (nSPS) is 25.2. The molecule has 0 bridgehead atoms.